The smallest absolute Gasteiger partial charge is 0.222 e. The molecule has 4 heteroatoms. The van der Waals surface area contributed by atoms with E-state index < -0.39 is 0 Å². The van der Waals surface area contributed by atoms with Crippen LogP contribution in [0.3, 0.4) is 0 Å². The molecule has 82 valence electrons. The molecule has 0 unspecified atom stereocenters. The van der Waals surface area contributed by atoms with E-state index >= 15 is 0 Å². The van der Waals surface area contributed by atoms with E-state index in [0.717, 1.165) is 5.56 Å². The lowest BCUT2D eigenvalue weighted by atomic mass is 10.1. The van der Waals surface area contributed by atoms with Crippen molar-refractivity contribution in [3.63, 3.8) is 0 Å². The van der Waals surface area contributed by atoms with Gasteiger partial charge in [0.15, 0.2) is 0 Å². The van der Waals surface area contributed by atoms with E-state index in [9.17, 15) is 9.18 Å². The second-order valence-corrected chi connectivity index (χ2v) is 4.39. The van der Waals surface area contributed by atoms with Gasteiger partial charge in [-0.2, -0.15) is 0 Å². The molecule has 0 saturated carbocycles. The summed E-state index contributed by atoms with van der Waals surface area (Å²) in [4.78, 5) is 12.8. The zero-order valence-electron chi connectivity index (χ0n) is 8.76. The molecular weight excluding hydrogens is 261 g/mol. The summed E-state index contributed by atoms with van der Waals surface area (Å²) in [5.74, 6) is -0.233. The van der Waals surface area contributed by atoms with Crippen molar-refractivity contribution in [1.29, 1.82) is 0 Å². The van der Waals surface area contributed by atoms with Gasteiger partial charge in [-0.15, -0.1) is 0 Å². The van der Waals surface area contributed by atoms with Crippen LogP contribution < -0.4 is 0 Å². The van der Waals surface area contributed by atoms with Gasteiger partial charge in [0.25, 0.3) is 0 Å². The van der Waals surface area contributed by atoms with Crippen molar-refractivity contribution in [2.75, 3.05) is 14.1 Å². The summed E-state index contributed by atoms with van der Waals surface area (Å²) in [6.07, 6.45) is 0.981. The van der Waals surface area contributed by atoms with Crippen LogP contribution in [0.25, 0.3) is 0 Å². The number of aryl methyl sites for hydroxylation is 1. The summed E-state index contributed by atoms with van der Waals surface area (Å²) in [5.41, 5.74) is 0.839. The molecule has 0 spiro atoms. The lowest BCUT2D eigenvalue weighted by molar-refractivity contribution is -0.128. The van der Waals surface area contributed by atoms with Crippen molar-refractivity contribution in [2.45, 2.75) is 12.8 Å². The Morgan fingerprint density at radius 1 is 1.47 bits per heavy atom. The van der Waals surface area contributed by atoms with Gasteiger partial charge in [0, 0.05) is 20.5 Å². The molecule has 0 N–H and O–H groups in total. The fourth-order valence-electron chi connectivity index (χ4n) is 1.17. The minimum absolute atomic E-state index is 0.0540. The van der Waals surface area contributed by atoms with Crippen LogP contribution in [0.2, 0.25) is 0 Å². The summed E-state index contributed by atoms with van der Waals surface area (Å²) in [6.45, 7) is 0. The second kappa shape index (κ2) is 5.26. The van der Waals surface area contributed by atoms with Crippen molar-refractivity contribution in [3.05, 3.63) is 34.1 Å². The van der Waals surface area contributed by atoms with E-state index in [1.165, 1.54) is 11.0 Å². The second-order valence-electron chi connectivity index (χ2n) is 3.54. The first-order valence-corrected chi connectivity index (χ1v) is 5.44. The molecule has 0 aliphatic rings. The third-order valence-electron chi connectivity index (χ3n) is 2.11. The summed E-state index contributed by atoms with van der Waals surface area (Å²) in [5, 5.41) is 0. The van der Waals surface area contributed by atoms with Gasteiger partial charge in [-0.3, -0.25) is 4.79 Å². The quantitative estimate of drug-likeness (QED) is 0.829. The Morgan fingerprint density at radius 3 is 2.67 bits per heavy atom. The number of carbonyl (C=O) groups is 1. The Balaban J connectivity index is 2.58. The van der Waals surface area contributed by atoms with Crippen molar-refractivity contribution in [1.82, 2.24) is 4.90 Å². The van der Waals surface area contributed by atoms with E-state index in [1.807, 2.05) is 6.07 Å². The SMILES string of the molecule is CN(C)C(=O)CCc1ccc(Br)c(F)c1. The van der Waals surface area contributed by atoms with Crippen LogP contribution in [-0.2, 0) is 11.2 Å². The highest BCUT2D eigenvalue weighted by molar-refractivity contribution is 9.10. The van der Waals surface area contributed by atoms with Gasteiger partial charge >= 0.3 is 0 Å². The van der Waals surface area contributed by atoms with E-state index in [2.05, 4.69) is 15.9 Å². The van der Waals surface area contributed by atoms with Crippen molar-refractivity contribution in [3.8, 4) is 0 Å². The molecule has 0 bridgehead atoms. The molecule has 0 aromatic heterocycles. The molecular formula is C11H13BrFNO. The highest BCUT2D eigenvalue weighted by Gasteiger charge is 2.05. The normalized spacial score (nSPS) is 10.1. The molecule has 1 rings (SSSR count). The fraction of sp³-hybridized carbons (Fsp3) is 0.364. The standard InChI is InChI=1S/C11H13BrFNO/c1-14(2)11(15)6-4-8-3-5-9(12)10(13)7-8/h3,5,7H,4,6H2,1-2H3. The number of nitrogens with zero attached hydrogens (tertiary/aromatic N) is 1. The van der Waals surface area contributed by atoms with Gasteiger partial charge in [0.2, 0.25) is 5.91 Å². The number of carbonyl (C=O) groups excluding carboxylic acids is 1. The Hall–Kier alpha value is -0.900. The lowest BCUT2D eigenvalue weighted by Gasteiger charge is -2.09. The Morgan fingerprint density at radius 2 is 2.13 bits per heavy atom. The van der Waals surface area contributed by atoms with Gasteiger partial charge in [0.05, 0.1) is 4.47 Å². The maximum Gasteiger partial charge on any atom is 0.222 e. The summed E-state index contributed by atoms with van der Waals surface area (Å²) in [7, 11) is 3.43. The third kappa shape index (κ3) is 3.63. The molecule has 0 aliphatic heterocycles. The largest absolute Gasteiger partial charge is 0.349 e. The highest BCUT2D eigenvalue weighted by atomic mass is 79.9. The number of hydrogen-bond donors (Lipinski definition) is 0. The minimum Gasteiger partial charge on any atom is -0.349 e. The topological polar surface area (TPSA) is 20.3 Å². The Kier molecular flexibility index (Phi) is 4.27. The van der Waals surface area contributed by atoms with E-state index in [1.54, 1.807) is 20.2 Å². The van der Waals surface area contributed by atoms with Crippen LogP contribution in [0, 0.1) is 5.82 Å². The summed E-state index contributed by atoms with van der Waals surface area (Å²) < 4.78 is 13.6. The van der Waals surface area contributed by atoms with Crippen LogP contribution in [0.1, 0.15) is 12.0 Å². The van der Waals surface area contributed by atoms with Crippen LogP contribution in [0.15, 0.2) is 22.7 Å². The molecule has 2 nitrogen and oxygen atoms in total. The number of hydrogen-bond acceptors (Lipinski definition) is 1. The van der Waals surface area contributed by atoms with Gasteiger partial charge < -0.3 is 4.90 Å². The van der Waals surface area contributed by atoms with E-state index in [4.69, 9.17) is 0 Å². The molecule has 1 aromatic carbocycles. The maximum atomic E-state index is 13.1. The highest BCUT2D eigenvalue weighted by Crippen LogP contribution is 2.17. The van der Waals surface area contributed by atoms with Gasteiger partial charge in [-0.05, 0) is 40.0 Å². The zero-order chi connectivity index (χ0) is 11.4. The summed E-state index contributed by atoms with van der Waals surface area (Å²) >= 11 is 3.08. The van der Waals surface area contributed by atoms with Crippen LogP contribution in [-0.4, -0.2) is 24.9 Å². The van der Waals surface area contributed by atoms with Gasteiger partial charge in [0.1, 0.15) is 5.82 Å². The molecule has 1 aromatic rings. The summed E-state index contributed by atoms with van der Waals surface area (Å²) in [6, 6.07) is 4.92. The van der Waals surface area contributed by atoms with Gasteiger partial charge in [-0.1, -0.05) is 6.07 Å². The fourth-order valence-corrected chi connectivity index (χ4v) is 1.42. The molecule has 0 aliphatic carbocycles. The predicted octanol–water partition coefficient (Wildman–Crippen LogP) is 2.61. The first-order valence-electron chi connectivity index (χ1n) is 4.65. The number of benzene rings is 1. The van der Waals surface area contributed by atoms with Crippen LogP contribution in [0.4, 0.5) is 4.39 Å². The van der Waals surface area contributed by atoms with Crippen LogP contribution >= 0.6 is 15.9 Å². The Labute approximate surface area is 97.2 Å². The monoisotopic (exact) mass is 273 g/mol. The van der Waals surface area contributed by atoms with E-state index in [0.29, 0.717) is 17.3 Å². The molecule has 0 atom stereocenters. The number of amides is 1. The Bertz CT molecular complexity index is 366. The van der Waals surface area contributed by atoms with Crippen molar-refractivity contribution >= 4 is 21.8 Å². The first kappa shape index (κ1) is 12.2. The van der Waals surface area contributed by atoms with Crippen molar-refractivity contribution in [2.24, 2.45) is 0 Å². The molecule has 0 radical (unpaired) electrons. The van der Waals surface area contributed by atoms with Gasteiger partial charge in [-0.25, -0.2) is 4.39 Å². The van der Waals surface area contributed by atoms with E-state index in [-0.39, 0.29) is 11.7 Å². The average Bonchev–Trinajstić information content (AvgIpc) is 2.19. The van der Waals surface area contributed by atoms with Crippen molar-refractivity contribution < 1.29 is 9.18 Å². The molecule has 15 heavy (non-hydrogen) atoms. The minimum atomic E-state index is -0.287. The molecule has 0 heterocycles. The predicted molar refractivity (Wildman–Crippen MR) is 61.1 cm³/mol. The first-order chi connectivity index (χ1) is 7.00. The molecule has 1 amide bonds. The van der Waals surface area contributed by atoms with Crippen LogP contribution in [0.5, 0.6) is 0 Å². The third-order valence-corrected chi connectivity index (χ3v) is 2.75. The number of rotatable bonds is 3. The number of halogens is 2. The molecule has 0 fully saturated rings. The zero-order valence-corrected chi connectivity index (χ0v) is 10.3. The maximum absolute atomic E-state index is 13.1. The average molecular weight is 274 g/mol. The molecule has 0 saturated heterocycles. The lowest BCUT2D eigenvalue weighted by Crippen LogP contribution is -2.21.